The van der Waals surface area contributed by atoms with E-state index in [-0.39, 0.29) is 5.60 Å². The van der Waals surface area contributed by atoms with E-state index in [9.17, 15) is 0 Å². The Morgan fingerprint density at radius 3 is 2.78 bits per heavy atom. The first-order valence-electron chi connectivity index (χ1n) is 7.44. The fourth-order valence-electron chi connectivity index (χ4n) is 3.73. The first-order chi connectivity index (χ1) is 8.81. The van der Waals surface area contributed by atoms with Gasteiger partial charge < -0.3 is 15.0 Å². The normalized spacial score (nSPS) is 39.5. The van der Waals surface area contributed by atoms with Crippen molar-refractivity contribution in [3.63, 3.8) is 0 Å². The van der Waals surface area contributed by atoms with Crippen molar-refractivity contribution in [3.8, 4) is 0 Å². The molecule has 0 amide bonds. The Kier molecular flexibility index (Phi) is 4.18. The van der Waals surface area contributed by atoms with Crippen LogP contribution in [0.5, 0.6) is 0 Å². The minimum atomic E-state index is 0.243. The van der Waals surface area contributed by atoms with Gasteiger partial charge in [-0.3, -0.25) is 0 Å². The summed E-state index contributed by atoms with van der Waals surface area (Å²) in [4.78, 5) is 2.74. The van der Waals surface area contributed by atoms with Crippen molar-refractivity contribution in [1.82, 2.24) is 10.2 Å². The van der Waals surface area contributed by atoms with Crippen LogP contribution in [0.3, 0.4) is 0 Å². The minimum Gasteiger partial charge on any atom is -0.374 e. The maximum atomic E-state index is 6.13. The molecule has 3 rings (SSSR count). The average molecular weight is 270 g/mol. The maximum Gasteiger partial charge on any atom is 0.0795 e. The first kappa shape index (κ1) is 13.2. The van der Waals surface area contributed by atoms with Crippen molar-refractivity contribution in [1.29, 1.82) is 0 Å². The summed E-state index contributed by atoms with van der Waals surface area (Å²) in [6, 6.07) is 1.53. The number of hydrogen-bond acceptors (Lipinski definition) is 4. The molecule has 3 fully saturated rings. The maximum absolute atomic E-state index is 6.13. The third-order valence-electron chi connectivity index (χ3n) is 4.99. The lowest BCUT2D eigenvalue weighted by atomic mass is 9.88. The average Bonchev–Trinajstić information content (AvgIpc) is 2.87. The Bertz CT molecular complexity index is 273. The molecule has 0 aromatic carbocycles. The summed E-state index contributed by atoms with van der Waals surface area (Å²) < 4.78 is 6.13. The number of rotatable bonds is 2. The topological polar surface area (TPSA) is 24.5 Å². The van der Waals surface area contributed by atoms with Gasteiger partial charge in [0.25, 0.3) is 0 Å². The number of nitrogens with zero attached hydrogens (tertiary/aromatic N) is 1. The molecule has 3 nitrogen and oxygen atoms in total. The van der Waals surface area contributed by atoms with Crippen LogP contribution in [0, 0.1) is 0 Å². The second kappa shape index (κ2) is 5.70. The van der Waals surface area contributed by atoms with Crippen LogP contribution in [-0.2, 0) is 4.74 Å². The Morgan fingerprint density at radius 1 is 1.28 bits per heavy atom. The largest absolute Gasteiger partial charge is 0.374 e. The van der Waals surface area contributed by atoms with Gasteiger partial charge in [-0.15, -0.1) is 0 Å². The van der Waals surface area contributed by atoms with E-state index in [4.69, 9.17) is 4.74 Å². The van der Waals surface area contributed by atoms with E-state index in [2.05, 4.69) is 29.0 Å². The van der Waals surface area contributed by atoms with Gasteiger partial charge in [-0.2, -0.15) is 11.8 Å². The van der Waals surface area contributed by atoms with Gasteiger partial charge in [0.05, 0.1) is 5.60 Å². The Balaban J connectivity index is 1.56. The molecule has 1 spiro atoms. The molecule has 2 unspecified atom stereocenters. The Morgan fingerprint density at radius 2 is 2.11 bits per heavy atom. The molecule has 2 atom stereocenters. The number of piperidine rings is 1. The predicted molar refractivity (Wildman–Crippen MR) is 77.3 cm³/mol. The van der Waals surface area contributed by atoms with E-state index in [1.807, 2.05) is 0 Å². The van der Waals surface area contributed by atoms with Gasteiger partial charge in [0, 0.05) is 24.4 Å². The summed E-state index contributed by atoms with van der Waals surface area (Å²) in [5.41, 5.74) is 0.243. The van der Waals surface area contributed by atoms with Crippen LogP contribution in [0.2, 0.25) is 0 Å². The van der Waals surface area contributed by atoms with Gasteiger partial charge in [0.15, 0.2) is 0 Å². The molecule has 0 radical (unpaired) electrons. The van der Waals surface area contributed by atoms with E-state index in [1.54, 1.807) is 0 Å². The minimum absolute atomic E-state index is 0.243. The van der Waals surface area contributed by atoms with Crippen molar-refractivity contribution in [2.45, 2.75) is 49.8 Å². The summed E-state index contributed by atoms with van der Waals surface area (Å²) >= 11 is 2.08. The van der Waals surface area contributed by atoms with Crippen LogP contribution in [0.15, 0.2) is 0 Å². The molecule has 4 heteroatoms. The highest BCUT2D eigenvalue weighted by Gasteiger charge is 2.42. The molecule has 3 heterocycles. The first-order valence-corrected chi connectivity index (χ1v) is 8.60. The molecule has 104 valence electrons. The Hall–Kier alpha value is 0.230. The van der Waals surface area contributed by atoms with Gasteiger partial charge in [0.2, 0.25) is 0 Å². The van der Waals surface area contributed by atoms with Gasteiger partial charge >= 0.3 is 0 Å². The van der Waals surface area contributed by atoms with Crippen LogP contribution in [-0.4, -0.2) is 60.8 Å². The SMILES string of the molecule is CNC1CCN(C2CCOC3(CCSC3)C2)CC1. The molecule has 3 saturated heterocycles. The highest BCUT2D eigenvalue weighted by atomic mass is 32.2. The van der Waals surface area contributed by atoms with Crippen LogP contribution >= 0.6 is 11.8 Å². The van der Waals surface area contributed by atoms with E-state index < -0.39 is 0 Å². The molecule has 0 bridgehead atoms. The van der Waals surface area contributed by atoms with Crippen LogP contribution in [0.1, 0.15) is 32.1 Å². The molecule has 3 aliphatic heterocycles. The standard InChI is InChI=1S/C14H26N2OS/c1-15-12-2-6-16(7-3-12)13-4-8-17-14(10-13)5-9-18-11-14/h12-13,15H,2-11H2,1H3. The van der Waals surface area contributed by atoms with Crippen molar-refractivity contribution in [2.75, 3.05) is 38.2 Å². The summed E-state index contributed by atoms with van der Waals surface area (Å²) in [6.45, 7) is 3.54. The molecule has 0 aliphatic carbocycles. The molecule has 0 saturated carbocycles. The zero-order valence-electron chi connectivity index (χ0n) is 11.5. The quantitative estimate of drug-likeness (QED) is 0.826. The van der Waals surface area contributed by atoms with Crippen molar-refractivity contribution >= 4 is 11.8 Å². The van der Waals surface area contributed by atoms with Gasteiger partial charge in [0.1, 0.15) is 0 Å². The lowest BCUT2D eigenvalue weighted by molar-refractivity contribution is -0.0921. The fourth-order valence-corrected chi connectivity index (χ4v) is 5.11. The van der Waals surface area contributed by atoms with Crippen molar-refractivity contribution in [2.24, 2.45) is 0 Å². The predicted octanol–water partition coefficient (Wildman–Crippen LogP) is 1.72. The van der Waals surface area contributed by atoms with E-state index in [0.29, 0.717) is 0 Å². The summed E-state index contributed by atoms with van der Waals surface area (Å²) in [5.74, 6) is 2.53. The lowest BCUT2D eigenvalue weighted by Crippen LogP contribution is -2.52. The number of thioether (sulfide) groups is 1. The molecular formula is C14H26N2OS. The summed E-state index contributed by atoms with van der Waals surface area (Å²) in [6.07, 6.45) is 6.44. The van der Waals surface area contributed by atoms with Gasteiger partial charge in [-0.25, -0.2) is 0 Å². The molecule has 1 N–H and O–H groups in total. The monoisotopic (exact) mass is 270 g/mol. The molecule has 0 aromatic heterocycles. The van der Waals surface area contributed by atoms with Crippen LogP contribution in [0.4, 0.5) is 0 Å². The smallest absolute Gasteiger partial charge is 0.0795 e. The molecular weight excluding hydrogens is 244 g/mol. The van der Waals surface area contributed by atoms with Crippen molar-refractivity contribution < 1.29 is 4.74 Å². The van der Waals surface area contributed by atoms with E-state index in [1.165, 1.54) is 56.7 Å². The number of likely N-dealkylation sites (tertiary alicyclic amines) is 1. The van der Waals surface area contributed by atoms with E-state index in [0.717, 1.165) is 18.7 Å². The third-order valence-corrected chi connectivity index (χ3v) is 6.21. The molecule has 18 heavy (non-hydrogen) atoms. The van der Waals surface area contributed by atoms with Gasteiger partial charge in [-0.05, 0) is 58.0 Å². The summed E-state index contributed by atoms with van der Waals surface area (Å²) in [5, 5.41) is 3.42. The third kappa shape index (κ3) is 2.72. The highest BCUT2D eigenvalue weighted by molar-refractivity contribution is 7.99. The second-order valence-corrected chi connectivity index (χ2v) is 7.18. The summed E-state index contributed by atoms with van der Waals surface area (Å²) in [7, 11) is 2.10. The Labute approximate surface area is 115 Å². The number of hydrogen-bond donors (Lipinski definition) is 1. The molecule has 3 aliphatic rings. The second-order valence-electron chi connectivity index (χ2n) is 6.08. The van der Waals surface area contributed by atoms with Crippen LogP contribution in [0.25, 0.3) is 0 Å². The highest BCUT2D eigenvalue weighted by Crippen LogP contribution is 2.39. The van der Waals surface area contributed by atoms with Gasteiger partial charge in [-0.1, -0.05) is 0 Å². The van der Waals surface area contributed by atoms with E-state index >= 15 is 0 Å². The van der Waals surface area contributed by atoms with Crippen LogP contribution < -0.4 is 5.32 Å². The lowest BCUT2D eigenvalue weighted by Gasteiger charge is -2.45. The van der Waals surface area contributed by atoms with Crippen molar-refractivity contribution in [3.05, 3.63) is 0 Å². The zero-order valence-corrected chi connectivity index (χ0v) is 12.3. The number of nitrogens with one attached hydrogen (secondary N) is 1. The number of ether oxygens (including phenoxy) is 1. The fraction of sp³-hybridized carbons (Fsp3) is 1.00. The molecule has 0 aromatic rings. The zero-order chi connectivity index (χ0) is 12.4.